The van der Waals surface area contributed by atoms with Crippen LogP contribution in [0.1, 0.15) is 25.5 Å². The predicted molar refractivity (Wildman–Crippen MR) is 71.0 cm³/mol. The molecule has 0 bridgehead atoms. The molecule has 1 aromatic carbocycles. The van der Waals surface area contributed by atoms with Gasteiger partial charge >= 0.3 is 0 Å². The lowest BCUT2D eigenvalue weighted by Crippen LogP contribution is -2.47. The molecule has 18 heavy (non-hydrogen) atoms. The lowest BCUT2D eigenvalue weighted by atomic mass is 10.0. The maximum absolute atomic E-state index is 11.7. The molecule has 1 saturated heterocycles. The first-order valence-corrected chi connectivity index (χ1v) is 6.43. The van der Waals surface area contributed by atoms with E-state index in [0.29, 0.717) is 17.3 Å². The SMILES string of the molecule is CC(C)Oc1ccc(C2NCCNC2=O)cc1Cl. The first-order valence-electron chi connectivity index (χ1n) is 6.05. The molecule has 1 unspecified atom stereocenters. The van der Waals surface area contributed by atoms with Crippen LogP contribution in [0.3, 0.4) is 0 Å². The fourth-order valence-corrected chi connectivity index (χ4v) is 2.15. The van der Waals surface area contributed by atoms with Crippen LogP contribution in [0, 0.1) is 0 Å². The number of halogens is 1. The van der Waals surface area contributed by atoms with Crippen molar-refractivity contribution in [2.45, 2.75) is 26.0 Å². The number of hydrogen-bond donors (Lipinski definition) is 2. The topological polar surface area (TPSA) is 50.4 Å². The quantitative estimate of drug-likeness (QED) is 0.880. The minimum absolute atomic E-state index is 0.0187. The van der Waals surface area contributed by atoms with Gasteiger partial charge in [-0.15, -0.1) is 0 Å². The lowest BCUT2D eigenvalue weighted by molar-refractivity contribution is -0.124. The number of rotatable bonds is 3. The number of benzene rings is 1. The van der Waals surface area contributed by atoms with Gasteiger partial charge in [-0.05, 0) is 31.5 Å². The van der Waals surface area contributed by atoms with E-state index in [2.05, 4.69) is 10.6 Å². The summed E-state index contributed by atoms with van der Waals surface area (Å²) in [4.78, 5) is 11.7. The maximum atomic E-state index is 11.7. The normalized spacial score (nSPS) is 19.8. The molecule has 98 valence electrons. The summed E-state index contributed by atoms with van der Waals surface area (Å²) in [7, 11) is 0. The Kier molecular flexibility index (Phi) is 4.09. The van der Waals surface area contributed by atoms with Gasteiger partial charge in [0, 0.05) is 13.1 Å². The van der Waals surface area contributed by atoms with Gasteiger partial charge in [0.15, 0.2) is 0 Å². The van der Waals surface area contributed by atoms with Crippen molar-refractivity contribution in [3.8, 4) is 5.75 Å². The maximum Gasteiger partial charge on any atom is 0.241 e. The third-order valence-electron chi connectivity index (χ3n) is 2.69. The molecule has 0 radical (unpaired) electrons. The third kappa shape index (κ3) is 2.94. The molecule has 0 aromatic heterocycles. The van der Waals surface area contributed by atoms with E-state index in [1.54, 1.807) is 12.1 Å². The number of carbonyl (C=O) groups is 1. The van der Waals surface area contributed by atoms with Crippen molar-refractivity contribution in [3.05, 3.63) is 28.8 Å². The molecule has 1 aromatic rings. The van der Waals surface area contributed by atoms with Crippen molar-refractivity contribution in [1.82, 2.24) is 10.6 Å². The molecule has 0 spiro atoms. The molecule has 4 nitrogen and oxygen atoms in total. The van der Waals surface area contributed by atoms with E-state index < -0.39 is 0 Å². The zero-order valence-corrected chi connectivity index (χ0v) is 11.3. The van der Waals surface area contributed by atoms with E-state index in [0.717, 1.165) is 12.1 Å². The largest absolute Gasteiger partial charge is 0.489 e. The molecular formula is C13H17ClN2O2. The van der Waals surface area contributed by atoms with Crippen LogP contribution in [0.5, 0.6) is 5.75 Å². The van der Waals surface area contributed by atoms with Crippen LogP contribution in [0.4, 0.5) is 0 Å². The van der Waals surface area contributed by atoms with Gasteiger partial charge in [0.05, 0.1) is 11.1 Å². The molecular weight excluding hydrogens is 252 g/mol. The number of amides is 1. The molecule has 1 atom stereocenters. The van der Waals surface area contributed by atoms with Gasteiger partial charge in [-0.2, -0.15) is 0 Å². The molecule has 5 heteroatoms. The van der Waals surface area contributed by atoms with Crippen LogP contribution in [-0.2, 0) is 4.79 Å². The molecule has 1 aliphatic heterocycles. The van der Waals surface area contributed by atoms with E-state index in [1.807, 2.05) is 19.9 Å². The summed E-state index contributed by atoms with van der Waals surface area (Å²) in [6.07, 6.45) is 0.0736. The molecule has 1 heterocycles. The van der Waals surface area contributed by atoms with Gasteiger partial charge in [-0.1, -0.05) is 17.7 Å². The summed E-state index contributed by atoms with van der Waals surface area (Å²) in [5.41, 5.74) is 0.855. The van der Waals surface area contributed by atoms with Crippen molar-refractivity contribution < 1.29 is 9.53 Å². The molecule has 2 rings (SSSR count). The van der Waals surface area contributed by atoms with E-state index >= 15 is 0 Å². The van der Waals surface area contributed by atoms with E-state index in [4.69, 9.17) is 16.3 Å². The molecule has 2 N–H and O–H groups in total. The van der Waals surface area contributed by atoms with Crippen molar-refractivity contribution in [1.29, 1.82) is 0 Å². The minimum Gasteiger partial charge on any atom is -0.489 e. The number of piperazine rings is 1. The van der Waals surface area contributed by atoms with Gasteiger partial charge in [-0.25, -0.2) is 0 Å². The Morgan fingerprint density at radius 3 is 2.78 bits per heavy atom. The van der Waals surface area contributed by atoms with Crippen molar-refractivity contribution in [2.75, 3.05) is 13.1 Å². The molecule has 1 aliphatic rings. The summed E-state index contributed by atoms with van der Waals surface area (Å²) < 4.78 is 5.56. The lowest BCUT2D eigenvalue weighted by Gasteiger charge is -2.24. The van der Waals surface area contributed by atoms with Crippen LogP contribution < -0.4 is 15.4 Å². The Labute approximate surface area is 112 Å². The number of ether oxygens (including phenoxy) is 1. The fraction of sp³-hybridized carbons (Fsp3) is 0.462. The average Bonchev–Trinajstić information content (AvgIpc) is 2.32. The minimum atomic E-state index is -0.329. The highest BCUT2D eigenvalue weighted by molar-refractivity contribution is 6.32. The number of nitrogens with one attached hydrogen (secondary N) is 2. The fourth-order valence-electron chi connectivity index (χ4n) is 1.91. The van der Waals surface area contributed by atoms with Gasteiger partial charge in [0.1, 0.15) is 11.8 Å². The van der Waals surface area contributed by atoms with Crippen LogP contribution in [0.25, 0.3) is 0 Å². The van der Waals surface area contributed by atoms with Crippen LogP contribution >= 0.6 is 11.6 Å². The second-order valence-corrected chi connectivity index (χ2v) is 4.94. The summed E-state index contributed by atoms with van der Waals surface area (Å²) >= 11 is 6.16. The van der Waals surface area contributed by atoms with Crippen molar-refractivity contribution in [2.24, 2.45) is 0 Å². The predicted octanol–water partition coefficient (Wildman–Crippen LogP) is 1.89. The Bertz CT molecular complexity index is 449. The summed E-state index contributed by atoms with van der Waals surface area (Å²) in [5.74, 6) is 0.626. The number of hydrogen-bond acceptors (Lipinski definition) is 3. The smallest absolute Gasteiger partial charge is 0.241 e. The Morgan fingerprint density at radius 2 is 2.17 bits per heavy atom. The van der Waals surface area contributed by atoms with Crippen LogP contribution in [0.2, 0.25) is 5.02 Å². The molecule has 1 fully saturated rings. The van der Waals surface area contributed by atoms with Gasteiger partial charge in [-0.3, -0.25) is 4.79 Å². The first-order chi connectivity index (χ1) is 8.58. The molecule has 0 saturated carbocycles. The monoisotopic (exact) mass is 268 g/mol. The zero-order chi connectivity index (χ0) is 13.1. The first kappa shape index (κ1) is 13.2. The van der Waals surface area contributed by atoms with E-state index in [9.17, 15) is 4.79 Å². The van der Waals surface area contributed by atoms with Gasteiger partial charge in [0.2, 0.25) is 5.91 Å². The Balaban J connectivity index is 2.19. The van der Waals surface area contributed by atoms with E-state index in [-0.39, 0.29) is 18.1 Å². The highest BCUT2D eigenvalue weighted by atomic mass is 35.5. The summed E-state index contributed by atoms with van der Waals surface area (Å²) in [5, 5.41) is 6.51. The van der Waals surface area contributed by atoms with Gasteiger partial charge in [0.25, 0.3) is 0 Å². The Hall–Kier alpha value is -1.26. The van der Waals surface area contributed by atoms with Gasteiger partial charge < -0.3 is 15.4 Å². The number of carbonyl (C=O) groups excluding carboxylic acids is 1. The highest BCUT2D eigenvalue weighted by Crippen LogP contribution is 2.29. The van der Waals surface area contributed by atoms with Crippen molar-refractivity contribution >= 4 is 17.5 Å². The summed E-state index contributed by atoms with van der Waals surface area (Å²) in [6, 6.07) is 5.12. The summed E-state index contributed by atoms with van der Waals surface area (Å²) in [6.45, 7) is 5.32. The Morgan fingerprint density at radius 1 is 1.39 bits per heavy atom. The second-order valence-electron chi connectivity index (χ2n) is 4.53. The standard InChI is InChI=1S/C13H17ClN2O2/c1-8(2)18-11-4-3-9(7-10(11)14)12-13(17)16-6-5-15-12/h3-4,7-8,12,15H,5-6H2,1-2H3,(H,16,17). The zero-order valence-electron chi connectivity index (χ0n) is 10.5. The highest BCUT2D eigenvalue weighted by Gasteiger charge is 2.23. The third-order valence-corrected chi connectivity index (χ3v) is 2.98. The van der Waals surface area contributed by atoms with Crippen LogP contribution in [-0.4, -0.2) is 25.1 Å². The molecule has 0 aliphatic carbocycles. The van der Waals surface area contributed by atoms with Crippen LogP contribution in [0.15, 0.2) is 18.2 Å². The second kappa shape index (κ2) is 5.59. The average molecular weight is 269 g/mol. The molecule has 1 amide bonds. The van der Waals surface area contributed by atoms with E-state index in [1.165, 1.54) is 0 Å². The van der Waals surface area contributed by atoms with Crippen molar-refractivity contribution in [3.63, 3.8) is 0 Å².